The van der Waals surface area contributed by atoms with Crippen molar-refractivity contribution in [1.29, 1.82) is 0 Å². The molecule has 0 atom stereocenters. The molecule has 31 heavy (non-hydrogen) atoms. The number of fused-ring (bicyclic) bond motifs is 1. The molecule has 2 aromatic rings. The lowest BCUT2D eigenvalue weighted by atomic mass is 10.0. The van der Waals surface area contributed by atoms with E-state index in [2.05, 4.69) is 15.4 Å². The summed E-state index contributed by atoms with van der Waals surface area (Å²) in [6.07, 6.45) is 1.47. The van der Waals surface area contributed by atoms with Gasteiger partial charge in [0.2, 0.25) is 10.0 Å². The van der Waals surface area contributed by atoms with Gasteiger partial charge in [-0.05, 0) is 62.2 Å². The Kier molecular flexibility index (Phi) is 6.16. The normalized spacial score (nSPS) is 18.9. The molecule has 0 aromatic heterocycles. The maximum Gasteiger partial charge on any atom is 0.271 e. The molecule has 1 fully saturated rings. The van der Waals surface area contributed by atoms with Crippen LogP contribution in [-0.2, 0) is 16.4 Å². The summed E-state index contributed by atoms with van der Waals surface area (Å²) in [5.41, 5.74) is 6.71. The molecule has 1 heterocycles. The third-order valence-electron chi connectivity index (χ3n) is 5.85. The summed E-state index contributed by atoms with van der Waals surface area (Å²) in [4.78, 5) is 14.9. The molecule has 1 aliphatic carbocycles. The van der Waals surface area contributed by atoms with E-state index in [0.717, 1.165) is 28.8 Å². The molecule has 0 radical (unpaired) electrons. The van der Waals surface area contributed by atoms with E-state index in [4.69, 9.17) is 11.6 Å². The first-order chi connectivity index (χ1) is 14.8. The van der Waals surface area contributed by atoms with E-state index in [-0.39, 0.29) is 10.5 Å². The average Bonchev–Trinajstić information content (AvgIpc) is 3.20. The fourth-order valence-electron chi connectivity index (χ4n) is 4.02. The number of likely N-dealkylation sites (N-methyl/N-ethyl adjacent to an activating group) is 1. The molecule has 2 aromatic carbocycles. The highest BCUT2D eigenvalue weighted by molar-refractivity contribution is 7.89. The van der Waals surface area contributed by atoms with Crippen molar-refractivity contribution >= 4 is 33.2 Å². The van der Waals surface area contributed by atoms with Gasteiger partial charge in [0.25, 0.3) is 5.91 Å². The topological polar surface area (TPSA) is 82.1 Å². The third-order valence-corrected chi connectivity index (χ3v) is 8.10. The number of carbonyl (C=O) groups excluding carboxylic acids is 1. The summed E-state index contributed by atoms with van der Waals surface area (Å²) in [6, 6.07) is 9.92. The van der Waals surface area contributed by atoms with Crippen LogP contribution in [0.15, 0.2) is 46.4 Å². The van der Waals surface area contributed by atoms with Crippen LogP contribution in [0, 0.1) is 6.92 Å². The number of aryl methyl sites for hydroxylation is 1. The minimum absolute atomic E-state index is 0.117. The van der Waals surface area contributed by atoms with E-state index < -0.39 is 15.9 Å². The second-order valence-corrected chi connectivity index (χ2v) is 10.3. The second kappa shape index (κ2) is 8.70. The Bertz CT molecular complexity index is 1160. The Morgan fingerprint density at radius 2 is 1.84 bits per heavy atom. The Labute approximate surface area is 187 Å². The van der Waals surface area contributed by atoms with Gasteiger partial charge in [0.1, 0.15) is 0 Å². The van der Waals surface area contributed by atoms with Gasteiger partial charge in [0, 0.05) is 42.3 Å². The number of carbonyl (C=O) groups is 1. The van der Waals surface area contributed by atoms with Gasteiger partial charge >= 0.3 is 0 Å². The molecular formula is C22H25ClN4O3S. The zero-order valence-corrected chi connectivity index (χ0v) is 19.1. The minimum Gasteiger partial charge on any atom is -0.304 e. The summed E-state index contributed by atoms with van der Waals surface area (Å²) >= 11 is 6.29. The van der Waals surface area contributed by atoms with Crippen LogP contribution in [-0.4, -0.2) is 62.5 Å². The molecule has 0 bridgehead atoms. The smallest absolute Gasteiger partial charge is 0.271 e. The molecule has 0 unspecified atom stereocenters. The van der Waals surface area contributed by atoms with Crippen LogP contribution in [0.3, 0.4) is 0 Å². The number of nitrogens with zero attached hydrogens (tertiary/aromatic N) is 3. The Hall–Kier alpha value is -2.26. The van der Waals surface area contributed by atoms with Gasteiger partial charge in [-0.15, -0.1) is 0 Å². The van der Waals surface area contributed by atoms with Crippen LogP contribution in [0.1, 0.15) is 33.5 Å². The number of benzene rings is 2. The van der Waals surface area contributed by atoms with Crippen LogP contribution in [0.5, 0.6) is 0 Å². The summed E-state index contributed by atoms with van der Waals surface area (Å²) in [7, 11) is -1.68. The van der Waals surface area contributed by atoms with Crippen molar-refractivity contribution in [2.24, 2.45) is 5.10 Å². The third kappa shape index (κ3) is 4.39. The first kappa shape index (κ1) is 22.0. The highest BCUT2D eigenvalue weighted by Crippen LogP contribution is 2.31. The number of amides is 1. The summed E-state index contributed by atoms with van der Waals surface area (Å²) < 4.78 is 27.4. The highest BCUT2D eigenvalue weighted by atomic mass is 35.5. The van der Waals surface area contributed by atoms with Crippen LogP contribution in [0.25, 0.3) is 0 Å². The van der Waals surface area contributed by atoms with Crippen molar-refractivity contribution in [3.63, 3.8) is 0 Å². The summed E-state index contributed by atoms with van der Waals surface area (Å²) in [5.74, 6) is -0.448. The van der Waals surface area contributed by atoms with Gasteiger partial charge in [-0.3, -0.25) is 4.79 Å². The van der Waals surface area contributed by atoms with Gasteiger partial charge in [-0.1, -0.05) is 23.7 Å². The van der Waals surface area contributed by atoms with Crippen molar-refractivity contribution in [3.8, 4) is 0 Å². The van der Waals surface area contributed by atoms with Crippen molar-refractivity contribution < 1.29 is 13.2 Å². The molecule has 0 spiro atoms. The Morgan fingerprint density at radius 1 is 1.10 bits per heavy atom. The van der Waals surface area contributed by atoms with E-state index in [1.54, 1.807) is 12.1 Å². The van der Waals surface area contributed by atoms with E-state index in [1.807, 2.05) is 26.1 Å². The molecule has 0 saturated carbocycles. The van der Waals surface area contributed by atoms with Crippen molar-refractivity contribution in [1.82, 2.24) is 14.6 Å². The number of nitrogens with one attached hydrogen (secondary N) is 1. The lowest BCUT2D eigenvalue weighted by Gasteiger charge is -2.31. The molecular weight excluding hydrogens is 436 g/mol. The lowest BCUT2D eigenvalue weighted by molar-refractivity contribution is 0.0954. The number of hydrogen-bond donors (Lipinski definition) is 1. The predicted molar refractivity (Wildman–Crippen MR) is 121 cm³/mol. The van der Waals surface area contributed by atoms with Gasteiger partial charge in [-0.2, -0.15) is 9.41 Å². The van der Waals surface area contributed by atoms with Gasteiger partial charge in [0.05, 0.1) is 10.6 Å². The van der Waals surface area contributed by atoms with Crippen molar-refractivity contribution in [2.45, 2.75) is 24.7 Å². The molecule has 9 heteroatoms. The molecule has 1 aliphatic heterocycles. The lowest BCUT2D eigenvalue weighted by Crippen LogP contribution is -2.47. The number of piperazine rings is 1. The molecule has 1 saturated heterocycles. The average molecular weight is 461 g/mol. The summed E-state index contributed by atoms with van der Waals surface area (Å²) in [5, 5.41) is 5.03. The molecule has 4 rings (SSSR count). The van der Waals surface area contributed by atoms with Crippen molar-refractivity contribution in [2.75, 3.05) is 33.2 Å². The number of hydrazone groups is 1. The maximum atomic E-state index is 13.0. The zero-order valence-electron chi connectivity index (χ0n) is 17.6. The quantitative estimate of drug-likeness (QED) is 0.711. The van der Waals surface area contributed by atoms with E-state index in [9.17, 15) is 13.2 Å². The minimum atomic E-state index is -3.65. The van der Waals surface area contributed by atoms with E-state index in [0.29, 0.717) is 37.6 Å². The zero-order chi connectivity index (χ0) is 22.2. The predicted octanol–water partition coefficient (Wildman–Crippen LogP) is 2.66. The van der Waals surface area contributed by atoms with Crippen LogP contribution in [0.2, 0.25) is 5.02 Å². The molecule has 2 aliphatic rings. The first-order valence-corrected chi connectivity index (χ1v) is 12.0. The van der Waals surface area contributed by atoms with Gasteiger partial charge in [0.15, 0.2) is 0 Å². The van der Waals surface area contributed by atoms with E-state index in [1.165, 1.54) is 16.4 Å². The monoisotopic (exact) mass is 460 g/mol. The molecule has 1 N–H and O–H groups in total. The maximum absolute atomic E-state index is 13.0. The SMILES string of the molecule is Cc1ccc(Cl)c2c1/C(=N/NC(=O)c1cccc(S(=O)(=O)N3CCN(C)CC3)c1)CC2. The first-order valence-electron chi connectivity index (χ1n) is 10.2. The van der Waals surface area contributed by atoms with Crippen LogP contribution >= 0.6 is 11.6 Å². The van der Waals surface area contributed by atoms with Gasteiger partial charge < -0.3 is 4.90 Å². The second-order valence-electron chi connectivity index (χ2n) is 7.95. The largest absolute Gasteiger partial charge is 0.304 e. The Morgan fingerprint density at radius 3 is 2.58 bits per heavy atom. The number of hydrogen-bond acceptors (Lipinski definition) is 5. The Balaban J connectivity index is 1.53. The fourth-order valence-corrected chi connectivity index (χ4v) is 5.74. The van der Waals surface area contributed by atoms with Crippen molar-refractivity contribution in [3.05, 3.63) is 63.7 Å². The fraction of sp³-hybridized carbons (Fsp3) is 0.364. The van der Waals surface area contributed by atoms with Crippen LogP contribution in [0.4, 0.5) is 0 Å². The molecule has 1 amide bonds. The number of halogens is 1. The molecule has 7 nitrogen and oxygen atoms in total. The standard InChI is InChI=1S/C22H25ClN4O3S/c1-15-6-8-19(23)18-7-9-20(21(15)18)24-25-22(28)16-4-3-5-17(14-16)31(29,30)27-12-10-26(2)11-13-27/h3-6,8,14H,7,9-13H2,1-2H3,(H,25,28)/b24-20+. The highest BCUT2D eigenvalue weighted by Gasteiger charge is 2.28. The number of sulfonamides is 1. The van der Waals surface area contributed by atoms with Crippen LogP contribution < -0.4 is 5.43 Å². The van der Waals surface area contributed by atoms with E-state index >= 15 is 0 Å². The summed E-state index contributed by atoms with van der Waals surface area (Å²) in [6.45, 7) is 4.22. The molecule has 164 valence electrons. The number of rotatable bonds is 4. The van der Waals surface area contributed by atoms with Gasteiger partial charge in [-0.25, -0.2) is 13.8 Å².